The van der Waals surface area contributed by atoms with Crippen molar-refractivity contribution in [2.75, 3.05) is 26.9 Å². The Labute approximate surface area is 205 Å². The number of carbonyl (C=O) groups is 1. The molecule has 7 nitrogen and oxygen atoms in total. The molecule has 0 saturated carbocycles. The normalized spacial score (nSPS) is 10.8. The van der Waals surface area contributed by atoms with Gasteiger partial charge in [0.25, 0.3) is 5.91 Å². The Morgan fingerprint density at radius 2 is 1.60 bits per heavy atom. The van der Waals surface area contributed by atoms with Crippen LogP contribution in [-0.2, 0) is 13.0 Å². The van der Waals surface area contributed by atoms with Gasteiger partial charge in [0.05, 0.1) is 36.9 Å². The average Bonchev–Trinajstić information content (AvgIpc) is 3.25. The Morgan fingerprint density at radius 3 is 2.37 bits per heavy atom. The van der Waals surface area contributed by atoms with Crippen LogP contribution < -0.4 is 19.5 Å². The van der Waals surface area contributed by atoms with Crippen molar-refractivity contribution in [3.8, 4) is 17.2 Å². The first-order chi connectivity index (χ1) is 17.2. The summed E-state index contributed by atoms with van der Waals surface area (Å²) in [6.45, 7) is 4.23. The number of methoxy groups -OCH3 is 1. The second-order valence-electron chi connectivity index (χ2n) is 7.96. The Kier molecular flexibility index (Phi) is 8.22. The number of benzene rings is 3. The Bertz CT molecular complexity index is 1270. The van der Waals surface area contributed by atoms with E-state index in [1.807, 2.05) is 61.5 Å². The van der Waals surface area contributed by atoms with Crippen LogP contribution in [-0.4, -0.2) is 42.3 Å². The zero-order chi connectivity index (χ0) is 24.5. The molecule has 0 aliphatic heterocycles. The topological polar surface area (TPSA) is 74.6 Å². The van der Waals surface area contributed by atoms with Crippen LogP contribution in [0.5, 0.6) is 17.2 Å². The van der Waals surface area contributed by atoms with E-state index in [2.05, 4.69) is 16.0 Å². The maximum atomic E-state index is 12.6. The summed E-state index contributed by atoms with van der Waals surface area (Å²) in [6, 6.07) is 23.0. The Balaban J connectivity index is 1.38. The first kappa shape index (κ1) is 24.1. The van der Waals surface area contributed by atoms with Crippen LogP contribution in [0.15, 0.2) is 72.8 Å². The van der Waals surface area contributed by atoms with Crippen molar-refractivity contribution in [3.63, 3.8) is 0 Å². The number of hydrogen-bond donors (Lipinski definition) is 1. The number of imidazole rings is 1. The number of nitrogens with one attached hydrogen (secondary N) is 1. The van der Waals surface area contributed by atoms with Gasteiger partial charge in [0.15, 0.2) is 11.5 Å². The third-order valence-electron chi connectivity index (χ3n) is 5.67. The number of nitrogens with zero attached hydrogens (tertiary/aromatic N) is 2. The SMILES string of the molecule is CCOc1ccccc1OCCn1c(CCCNC(=O)c2ccccc2OC)nc2ccccc21. The molecular weight excluding hydrogens is 442 g/mol. The van der Waals surface area contributed by atoms with E-state index in [1.165, 1.54) is 0 Å². The first-order valence-corrected chi connectivity index (χ1v) is 11.9. The second kappa shape index (κ2) is 11.9. The fourth-order valence-electron chi connectivity index (χ4n) is 4.03. The number of amides is 1. The molecule has 35 heavy (non-hydrogen) atoms. The minimum atomic E-state index is -0.141. The number of carbonyl (C=O) groups excluding carboxylic acids is 1. The minimum Gasteiger partial charge on any atom is -0.496 e. The van der Waals surface area contributed by atoms with Crippen molar-refractivity contribution < 1.29 is 19.0 Å². The maximum absolute atomic E-state index is 12.6. The van der Waals surface area contributed by atoms with Crippen LogP contribution >= 0.6 is 0 Å². The van der Waals surface area contributed by atoms with Crippen molar-refractivity contribution in [2.45, 2.75) is 26.3 Å². The highest BCUT2D eigenvalue weighted by Gasteiger charge is 2.13. The summed E-state index contributed by atoms with van der Waals surface area (Å²) in [4.78, 5) is 17.4. The third kappa shape index (κ3) is 5.93. The van der Waals surface area contributed by atoms with Gasteiger partial charge in [-0.1, -0.05) is 36.4 Å². The number of aryl methyl sites for hydroxylation is 1. The molecule has 3 aromatic carbocycles. The van der Waals surface area contributed by atoms with E-state index in [-0.39, 0.29) is 5.91 Å². The number of aromatic nitrogens is 2. The summed E-state index contributed by atoms with van der Waals surface area (Å²) >= 11 is 0. The van der Waals surface area contributed by atoms with Crippen LogP contribution in [0.25, 0.3) is 11.0 Å². The average molecular weight is 474 g/mol. The van der Waals surface area contributed by atoms with Crippen molar-refractivity contribution in [1.29, 1.82) is 0 Å². The highest BCUT2D eigenvalue weighted by molar-refractivity contribution is 5.96. The van der Waals surface area contributed by atoms with E-state index in [0.717, 1.165) is 41.2 Å². The molecule has 4 aromatic rings. The van der Waals surface area contributed by atoms with E-state index < -0.39 is 0 Å². The quantitative estimate of drug-likeness (QED) is 0.297. The fourth-order valence-corrected chi connectivity index (χ4v) is 4.03. The van der Waals surface area contributed by atoms with E-state index in [1.54, 1.807) is 19.2 Å². The number of rotatable bonds is 12. The summed E-state index contributed by atoms with van der Waals surface area (Å²) in [5.74, 6) is 2.88. The molecule has 7 heteroatoms. The lowest BCUT2D eigenvalue weighted by Gasteiger charge is -2.14. The molecular formula is C28H31N3O4. The summed E-state index contributed by atoms with van der Waals surface area (Å²) in [6.07, 6.45) is 1.49. The molecule has 0 saturated heterocycles. The van der Waals surface area contributed by atoms with Crippen LogP contribution in [0.1, 0.15) is 29.5 Å². The van der Waals surface area contributed by atoms with Gasteiger partial charge in [-0.05, 0) is 49.7 Å². The van der Waals surface area contributed by atoms with Gasteiger partial charge in [0.1, 0.15) is 18.2 Å². The highest BCUT2D eigenvalue weighted by Crippen LogP contribution is 2.26. The molecule has 4 rings (SSSR count). The molecule has 0 radical (unpaired) electrons. The number of hydrogen-bond acceptors (Lipinski definition) is 5. The Hall–Kier alpha value is -4.00. The molecule has 1 heterocycles. The van der Waals surface area contributed by atoms with E-state index >= 15 is 0 Å². The van der Waals surface area contributed by atoms with Crippen LogP contribution in [0.3, 0.4) is 0 Å². The lowest BCUT2D eigenvalue weighted by Crippen LogP contribution is -2.25. The van der Waals surface area contributed by atoms with Crippen molar-refractivity contribution in [3.05, 3.63) is 84.2 Å². The lowest BCUT2D eigenvalue weighted by atomic mass is 10.2. The molecule has 0 fully saturated rings. The van der Waals surface area contributed by atoms with Gasteiger partial charge in [-0.3, -0.25) is 4.79 Å². The standard InChI is InChI=1S/C28H31N3O4/c1-3-34-25-15-8-9-16-26(25)35-20-19-31-23-13-6-5-12-22(23)30-27(31)17-10-18-29-28(32)21-11-4-7-14-24(21)33-2/h4-9,11-16H,3,10,17-20H2,1-2H3,(H,29,32). The lowest BCUT2D eigenvalue weighted by molar-refractivity contribution is 0.0950. The predicted octanol–water partition coefficient (Wildman–Crippen LogP) is 4.89. The summed E-state index contributed by atoms with van der Waals surface area (Å²) in [7, 11) is 1.57. The van der Waals surface area contributed by atoms with Gasteiger partial charge in [0.2, 0.25) is 0 Å². The number of fused-ring (bicyclic) bond motifs is 1. The molecule has 1 amide bonds. The van der Waals surface area contributed by atoms with E-state index in [0.29, 0.717) is 37.6 Å². The summed E-state index contributed by atoms with van der Waals surface area (Å²) < 4.78 is 19.2. The Morgan fingerprint density at radius 1 is 0.914 bits per heavy atom. The molecule has 0 bridgehead atoms. The van der Waals surface area contributed by atoms with Crippen molar-refractivity contribution >= 4 is 16.9 Å². The number of ether oxygens (including phenoxy) is 3. The highest BCUT2D eigenvalue weighted by atomic mass is 16.5. The fraction of sp³-hybridized carbons (Fsp3) is 0.286. The third-order valence-corrected chi connectivity index (χ3v) is 5.67. The van der Waals surface area contributed by atoms with Gasteiger partial charge in [0, 0.05) is 13.0 Å². The molecule has 0 aliphatic carbocycles. The van der Waals surface area contributed by atoms with Gasteiger partial charge >= 0.3 is 0 Å². The van der Waals surface area contributed by atoms with Crippen LogP contribution in [0, 0.1) is 0 Å². The van der Waals surface area contributed by atoms with Crippen molar-refractivity contribution in [2.24, 2.45) is 0 Å². The molecule has 1 N–H and O–H groups in total. The predicted molar refractivity (Wildman–Crippen MR) is 136 cm³/mol. The second-order valence-corrected chi connectivity index (χ2v) is 7.96. The van der Waals surface area contributed by atoms with Gasteiger partial charge in [-0.2, -0.15) is 0 Å². The minimum absolute atomic E-state index is 0.141. The first-order valence-electron chi connectivity index (χ1n) is 11.9. The van der Waals surface area contributed by atoms with Gasteiger partial charge in [-0.15, -0.1) is 0 Å². The van der Waals surface area contributed by atoms with E-state index in [9.17, 15) is 4.79 Å². The monoisotopic (exact) mass is 473 g/mol. The maximum Gasteiger partial charge on any atom is 0.255 e. The molecule has 1 aromatic heterocycles. The molecule has 0 atom stereocenters. The molecule has 0 unspecified atom stereocenters. The van der Waals surface area contributed by atoms with Crippen LogP contribution in [0.2, 0.25) is 0 Å². The smallest absolute Gasteiger partial charge is 0.255 e. The molecule has 0 spiro atoms. The van der Waals surface area contributed by atoms with Crippen LogP contribution in [0.4, 0.5) is 0 Å². The van der Waals surface area contributed by atoms with Crippen molar-refractivity contribution in [1.82, 2.24) is 14.9 Å². The zero-order valence-corrected chi connectivity index (χ0v) is 20.2. The van der Waals surface area contributed by atoms with Gasteiger partial charge in [-0.25, -0.2) is 4.98 Å². The molecule has 0 aliphatic rings. The summed E-state index contributed by atoms with van der Waals surface area (Å²) in [5.41, 5.74) is 2.56. The molecule has 182 valence electrons. The number of para-hydroxylation sites is 5. The van der Waals surface area contributed by atoms with E-state index in [4.69, 9.17) is 19.2 Å². The summed E-state index contributed by atoms with van der Waals surface area (Å²) in [5, 5.41) is 2.99. The zero-order valence-electron chi connectivity index (χ0n) is 20.2. The van der Waals surface area contributed by atoms with Gasteiger partial charge < -0.3 is 24.1 Å². The largest absolute Gasteiger partial charge is 0.496 e.